The summed E-state index contributed by atoms with van der Waals surface area (Å²) in [7, 11) is -1.21. The molecule has 1 atom stereocenters. The van der Waals surface area contributed by atoms with Crippen molar-refractivity contribution < 1.29 is 45.9 Å². The van der Waals surface area contributed by atoms with Crippen LogP contribution >= 0.6 is 30.9 Å². The zero-order valence-electron chi connectivity index (χ0n) is 27.8. The molecule has 1 unspecified atom stereocenters. The number of carbonyl (C=O) groups is 1. The second kappa shape index (κ2) is 25.1. The smallest absolute Gasteiger partial charge is 0.462 e. The second-order valence-corrected chi connectivity index (χ2v) is 23.1. The number of nitrogens with two attached hydrogens (primary N) is 1. The van der Waals surface area contributed by atoms with Gasteiger partial charge >= 0.3 is 14.8 Å². The highest BCUT2D eigenvalue weighted by atomic mass is 32.3. The van der Waals surface area contributed by atoms with Crippen LogP contribution in [0.15, 0.2) is 24.1 Å². The normalized spacial score (nSPS) is 15.8. The van der Waals surface area contributed by atoms with Crippen LogP contribution in [0.2, 0.25) is 6.04 Å². The van der Waals surface area contributed by atoms with E-state index < -0.39 is 39.7 Å². The van der Waals surface area contributed by atoms with Gasteiger partial charge in [0.15, 0.2) is 0 Å². The molecule has 0 radical (unpaired) electrons. The van der Waals surface area contributed by atoms with E-state index in [1.165, 1.54) is 0 Å². The van der Waals surface area contributed by atoms with Gasteiger partial charge in [-0.25, -0.2) is 4.79 Å². The monoisotopic (exact) mass is 685 g/mol. The van der Waals surface area contributed by atoms with E-state index in [4.69, 9.17) is 46.9 Å². The lowest BCUT2D eigenvalue weighted by Gasteiger charge is -2.28. The van der Waals surface area contributed by atoms with Crippen molar-refractivity contribution in [2.75, 3.05) is 103 Å². The molecule has 0 saturated carbocycles. The topological polar surface area (TPSA) is 162 Å². The Morgan fingerprint density at radius 1 is 0.952 bits per heavy atom. The first-order valence-corrected chi connectivity index (χ1v) is 23.1. The molecule has 42 heavy (non-hydrogen) atoms. The molecule has 0 aliphatic carbocycles. The molecule has 15 heteroatoms. The quantitative estimate of drug-likeness (QED) is 0.0549. The van der Waals surface area contributed by atoms with Crippen LogP contribution < -0.4 is 5.73 Å². The molecule has 0 spiro atoms. The summed E-state index contributed by atoms with van der Waals surface area (Å²) in [5, 5.41) is 1.85. The summed E-state index contributed by atoms with van der Waals surface area (Å²) >= 11 is 0. The van der Waals surface area contributed by atoms with Gasteiger partial charge < -0.3 is 46.9 Å². The molecule has 0 bridgehead atoms. The van der Waals surface area contributed by atoms with Crippen molar-refractivity contribution >= 4 is 45.7 Å². The van der Waals surface area contributed by atoms with E-state index in [1.54, 1.807) is 28.3 Å². The summed E-state index contributed by atoms with van der Waals surface area (Å²) in [5.74, 6) is 1.76. The highest BCUT2D eigenvalue weighted by Crippen LogP contribution is 2.41. The molecule has 11 nitrogen and oxygen atoms in total. The number of epoxide rings is 1. The number of hydrogen-bond acceptors (Lipinski definition) is 11. The summed E-state index contributed by atoms with van der Waals surface area (Å²) in [6.45, 7) is 12.1. The molecule has 1 heterocycles. The third-order valence-corrected chi connectivity index (χ3v) is 12.5. The van der Waals surface area contributed by atoms with E-state index in [0.717, 1.165) is 44.2 Å². The molecule has 1 aliphatic rings. The molecule has 0 aromatic heterocycles. The largest absolute Gasteiger partial charge is 0.492 e. The Labute approximate surface area is 262 Å². The van der Waals surface area contributed by atoms with Crippen LogP contribution in [-0.2, 0) is 31.6 Å². The van der Waals surface area contributed by atoms with Gasteiger partial charge in [-0.2, -0.15) is 0 Å². The predicted molar refractivity (Wildman–Crippen MR) is 186 cm³/mol. The van der Waals surface area contributed by atoms with Crippen LogP contribution in [0.3, 0.4) is 0 Å². The fraction of sp³-hybridized carbons (Fsp3) is 0.815. The van der Waals surface area contributed by atoms with Gasteiger partial charge in [0.25, 0.3) is 0 Å². The van der Waals surface area contributed by atoms with Gasteiger partial charge in [-0.15, -0.1) is 30.9 Å². The zero-order chi connectivity index (χ0) is 33.5. The molecule has 0 aromatic carbocycles. The number of carbonyl (C=O) groups excluding carboxylic acids is 1. The minimum absolute atomic E-state index is 0.0451. The molecule has 258 valence electrons. The Kier molecular flexibility index (Phi) is 27.6. The number of hydrogen-bond donors (Lipinski definition) is 4. The molecular formula is C27H63NO10S3Si. The Morgan fingerprint density at radius 3 is 1.71 bits per heavy atom. The average Bonchev–Trinajstić information content (AvgIpc) is 3.74. The van der Waals surface area contributed by atoms with E-state index >= 15 is 0 Å². The van der Waals surface area contributed by atoms with Gasteiger partial charge in [-0.1, -0.05) is 13.2 Å². The summed E-state index contributed by atoms with van der Waals surface area (Å²) < 4.78 is 31.2. The Bertz CT molecular complexity index is 719. The molecule has 0 aromatic rings. The van der Waals surface area contributed by atoms with E-state index in [2.05, 4.69) is 38.2 Å². The molecule has 1 saturated heterocycles. The van der Waals surface area contributed by atoms with Gasteiger partial charge in [-0.05, 0) is 75.7 Å². The predicted octanol–water partition coefficient (Wildman–Crippen LogP) is 3.55. The summed E-state index contributed by atoms with van der Waals surface area (Å²) in [6, 6.07) is 0.0451. The standard InChI is InChI=1S/C10H20O3S.C9H20O3S.C5H12OS.C3H11NO3Si/c1-9(2)10(11)13-7-6-8-14(4,5)12-3;1-10-13(2,3)6-4-5-11-7-9-8-12-9;1-5-7(3,4)6-2;4-2-1-3-8(5,6)7/h1,6-8H2,2-5H3;9H,4-8H2,1-3H3;5H,1H2,2-4H3;5-7H,1-4H2. The molecule has 1 rings (SSSR count). The second-order valence-electron chi connectivity index (χ2n) is 10.6. The maximum Gasteiger partial charge on any atom is 0.492 e. The third-order valence-electron chi connectivity index (χ3n) is 5.44. The van der Waals surface area contributed by atoms with Gasteiger partial charge in [0, 0.05) is 51.1 Å². The SMILES string of the molecule is C=C(C)C(=O)OCCCS(C)(C)OC.C=CS(C)(C)OC.COS(C)(C)CCCOCC1CO1.NCCC[Si](O)(O)O. The van der Waals surface area contributed by atoms with Crippen LogP contribution in [-0.4, -0.2) is 139 Å². The Hall–Kier alpha value is -0.143. The maximum absolute atomic E-state index is 11.0. The van der Waals surface area contributed by atoms with Crippen molar-refractivity contribution in [1.82, 2.24) is 0 Å². The van der Waals surface area contributed by atoms with Crippen LogP contribution in [0.4, 0.5) is 0 Å². The fourth-order valence-corrected chi connectivity index (χ4v) is 4.93. The van der Waals surface area contributed by atoms with Crippen LogP contribution in [0.5, 0.6) is 0 Å². The first-order valence-electron chi connectivity index (χ1n) is 13.5. The Balaban J connectivity index is -0.000000503. The van der Waals surface area contributed by atoms with E-state index in [1.807, 2.05) is 17.9 Å². The van der Waals surface area contributed by atoms with Crippen molar-refractivity contribution in [3.05, 3.63) is 24.1 Å². The fourth-order valence-electron chi connectivity index (χ4n) is 2.16. The summed E-state index contributed by atoms with van der Waals surface area (Å²) in [4.78, 5) is 36.0. The van der Waals surface area contributed by atoms with Crippen LogP contribution in [0.25, 0.3) is 0 Å². The summed E-state index contributed by atoms with van der Waals surface area (Å²) in [6.07, 6.45) is 15.4. The zero-order valence-corrected chi connectivity index (χ0v) is 31.3. The molecule has 5 N–H and O–H groups in total. The third kappa shape index (κ3) is 36.1. The molecule has 1 aliphatic heterocycles. The van der Waals surface area contributed by atoms with Gasteiger partial charge in [0.1, 0.15) is 6.10 Å². The van der Waals surface area contributed by atoms with Gasteiger partial charge in [-0.3, -0.25) is 0 Å². The lowest BCUT2D eigenvalue weighted by atomic mass is 10.4. The highest BCUT2D eigenvalue weighted by molar-refractivity contribution is 8.31. The van der Waals surface area contributed by atoms with Gasteiger partial charge in [0.2, 0.25) is 0 Å². The van der Waals surface area contributed by atoms with E-state index in [-0.39, 0.29) is 12.0 Å². The maximum atomic E-state index is 11.0. The van der Waals surface area contributed by atoms with Crippen molar-refractivity contribution in [3.63, 3.8) is 0 Å². The highest BCUT2D eigenvalue weighted by Gasteiger charge is 2.25. The van der Waals surface area contributed by atoms with Gasteiger partial charge in [0.05, 0.1) is 19.8 Å². The minimum Gasteiger partial charge on any atom is -0.462 e. The van der Waals surface area contributed by atoms with E-state index in [9.17, 15) is 4.79 Å². The van der Waals surface area contributed by atoms with Crippen LogP contribution in [0, 0.1) is 0 Å². The molecule has 1 fully saturated rings. The first-order chi connectivity index (χ1) is 19.2. The van der Waals surface area contributed by atoms with Crippen molar-refractivity contribution in [3.8, 4) is 0 Å². The first kappa shape index (κ1) is 46.3. The Morgan fingerprint density at radius 2 is 1.43 bits per heavy atom. The lowest BCUT2D eigenvalue weighted by Crippen LogP contribution is -2.34. The van der Waals surface area contributed by atoms with Crippen LogP contribution in [0.1, 0.15) is 26.2 Å². The molecular weight excluding hydrogens is 623 g/mol. The van der Waals surface area contributed by atoms with E-state index in [0.29, 0.717) is 31.2 Å². The number of ether oxygens (including phenoxy) is 3. The average molecular weight is 686 g/mol. The van der Waals surface area contributed by atoms with Crippen molar-refractivity contribution in [2.45, 2.75) is 38.3 Å². The minimum atomic E-state index is -3.76. The number of esters is 1. The molecule has 0 amide bonds. The van der Waals surface area contributed by atoms with Crippen molar-refractivity contribution in [2.24, 2.45) is 5.73 Å². The number of rotatable bonds is 18. The van der Waals surface area contributed by atoms with Crippen molar-refractivity contribution in [1.29, 1.82) is 0 Å². The lowest BCUT2D eigenvalue weighted by molar-refractivity contribution is -0.138. The summed E-state index contributed by atoms with van der Waals surface area (Å²) in [5.41, 5.74) is 5.47.